The normalized spacial score (nSPS) is 18.8. The van der Waals surface area contributed by atoms with Gasteiger partial charge in [-0.15, -0.1) is 0 Å². The quantitative estimate of drug-likeness (QED) is 0.384. The lowest BCUT2D eigenvalue weighted by molar-refractivity contribution is -0.149. The minimum Gasteiger partial charge on any atom is -0.467 e. The number of nitrogens with zero attached hydrogens (tertiary/aromatic N) is 1. The number of nitrogens with one attached hydrogen (secondary N) is 3. The zero-order chi connectivity index (χ0) is 28.4. The van der Waals surface area contributed by atoms with Gasteiger partial charge in [-0.1, -0.05) is 37.0 Å². The predicted molar refractivity (Wildman–Crippen MR) is 145 cm³/mol. The molecule has 2 heterocycles. The first-order valence-electron chi connectivity index (χ1n) is 13.4. The molecule has 1 aromatic heterocycles. The van der Waals surface area contributed by atoms with Gasteiger partial charge in [0.1, 0.15) is 11.4 Å². The molecule has 40 heavy (non-hydrogen) atoms. The number of rotatable bonds is 7. The first-order chi connectivity index (χ1) is 19.2. The topological polar surface area (TPSA) is 130 Å². The molecule has 208 valence electrons. The number of fused-ring (bicyclic) bond motifs is 1. The number of carbonyl (C=O) groups excluding carboxylic acids is 4. The monoisotopic (exact) mass is 546 g/mol. The van der Waals surface area contributed by atoms with Crippen molar-refractivity contribution in [1.29, 1.82) is 0 Å². The SMILES string of the molecule is COC(=O)C1(NC(=O)c2cc(C3NC(=O)CC(C)=C3C(=O)Cc3ccc4[nH]ncc4c3)ccc2F)CCCCC1. The Bertz CT molecular complexity index is 1540. The lowest BCUT2D eigenvalue weighted by Crippen LogP contribution is -2.56. The second kappa shape index (κ2) is 11.0. The summed E-state index contributed by atoms with van der Waals surface area (Å²) >= 11 is 0. The van der Waals surface area contributed by atoms with E-state index in [2.05, 4.69) is 20.8 Å². The highest BCUT2D eigenvalue weighted by Crippen LogP contribution is 2.33. The molecule has 3 aromatic rings. The summed E-state index contributed by atoms with van der Waals surface area (Å²) in [7, 11) is 1.26. The van der Waals surface area contributed by atoms with Gasteiger partial charge in [-0.25, -0.2) is 9.18 Å². The van der Waals surface area contributed by atoms with E-state index in [4.69, 9.17) is 4.74 Å². The second-order valence-corrected chi connectivity index (χ2v) is 10.6. The number of aromatic nitrogens is 2. The van der Waals surface area contributed by atoms with Crippen LogP contribution in [0.1, 0.15) is 73.0 Å². The van der Waals surface area contributed by atoms with Crippen LogP contribution in [0.15, 0.2) is 53.7 Å². The van der Waals surface area contributed by atoms with Crippen LogP contribution >= 0.6 is 0 Å². The van der Waals surface area contributed by atoms with E-state index in [0.717, 1.165) is 41.8 Å². The highest BCUT2D eigenvalue weighted by atomic mass is 19.1. The minimum atomic E-state index is -1.22. The van der Waals surface area contributed by atoms with Crippen molar-refractivity contribution >= 4 is 34.5 Å². The molecule has 2 aliphatic rings. The molecular formula is C30H31FN4O5. The molecule has 1 aliphatic carbocycles. The van der Waals surface area contributed by atoms with Gasteiger partial charge < -0.3 is 15.4 Å². The highest BCUT2D eigenvalue weighted by Gasteiger charge is 2.42. The van der Waals surface area contributed by atoms with Gasteiger partial charge in [0.15, 0.2) is 5.78 Å². The van der Waals surface area contributed by atoms with Crippen molar-refractivity contribution in [2.45, 2.75) is 63.5 Å². The number of esters is 1. The first-order valence-corrected chi connectivity index (χ1v) is 13.4. The molecule has 10 heteroatoms. The Balaban J connectivity index is 1.44. The third-order valence-corrected chi connectivity index (χ3v) is 7.85. The van der Waals surface area contributed by atoms with Crippen LogP contribution < -0.4 is 10.6 Å². The van der Waals surface area contributed by atoms with Crippen LogP contribution in [-0.2, 0) is 25.5 Å². The van der Waals surface area contributed by atoms with Crippen molar-refractivity contribution in [2.24, 2.45) is 0 Å². The molecule has 1 unspecified atom stereocenters. The zero-order valence-corrected chi connectivity index (χ0v) is 22.4. The number of methoxy groups -OCH3 is 1. The van der Waals surface area contributed by atoms with E-state index >= 15 is 0 Å². The summed E-state index contributed by atoms with van der Waals surface area (Å²) in [6.07, 6.45) is 5.03. The number of benzene rings is 2. The van der Waals surface area contributed by atoms with Crippen LogP contribution in [0.2, 0.25) is 0 Å². The molecule has 0 radical (unpaired) electrons. The Hall–Kier alpha value is -4.34. The molecule has 2 amide bonds. The lowest BCUT2D eigenvalue weighted by Gasteiger charge is -2.35. The molecular weight excluding hydrogens is 515 g/mol. The molecule has 9 nitrogen and oxygen atoms in total. The fourth-order valence-corrected chi connectivity index (χ4v) is 5.81. The Morgan fingerprint density at radius 1 is 1.12 bits per heavy atom. The largest absolute Gasteiger partial charge is 0.467 e. The molecule has 0 spiro atoms. The van der Waals surface area contributed by atoms with Crippen LogP contribution in [0.5, 0.6) is 0 Å². The number of hydrogen-bond donors (Lipinski definition) is 3. The molecule has 1 aliphatic heterocycles. The maximum absolute atomic E-state index is 15.0. The molecule has 5 rings (SSSR count). The van der Waals surface area contributed by atoms with Gasteiger partial charge in [0.25, 0.3) is 5.91 Å². The van der Waals surface area contributed by atoms with E-state index < -0.39 is 29.3 Å². The Labute approximate surface area is 230 Å². The maximum Gasteiger partial charge on any atom is 0.331 e. The molecule has 0 saturated heterocycles. The number of carbonyl (C=O) groups is 4. The molecule has 1 saturated carbocycles. The van der Waals surface area contributed by atoms with Gasteiger partial charge in [-0.05, 0) is 55.2 Å². The Morgan fingerprint density at radius 2 is 1.90 bits per heavy atom. The number of ether oxygens (including phenoxy) is 1. The zero-order valence-electron chi connectivity index (χ0n) is 22.4. The Kier molecular flexibility index (Phi) is 7.51. The standard InChI is InChI=1S/C30H31FN4O5/c1-17-12-25(37)33-27(26(17)24(36)14-18-6-9-23-20(13-18)16-32-35-23)19-7-8-22(31)21(15-19)28(38)34-30(29(39)40-2)10-4-3-5-11-30/h6-9,13,15-16,27H,3-5,10-12,14H2,1-2H3,(H,32,35)(H,33,37)(H,34,38). The smallest absolute Gasteiger partial charge is 0.331 e. The summed E-state index contributed by atoms with van der Waals surface area (Å²) in [5.41, 5.74) is 1.56. The number of hydrogen-bond acceptors (Lipinski definition) is 6. The number of aromatic amines is 1. The van der Waals surface area contributed by atoms with Crippen molar-refractivity contribution < 1.29 is 28.3 Å². The van der Waals surface area contributed by atoms with E-state index in [-0.39, 0.29) is 30.1 Å². The van der Waals surface area contributed by atoms with Gasteiger partial charge in [-0.2, -0.15) is 5.10 Å². The van der Waals surface area contributed by atoms with Crippen molar-refractivity contribution in [2.75, 3.05) is 7.11 Å². The fourth-order valence-electron chi connectivity index (χ4n) is 5.81. The van der Waals surface area contributed by atoms with Crippen LogP contribution in [0, 0.1) is 5.82 Å². The maximum atomic E-state index is 15.0. The van der Waals surface area contributed by atoms with Gasteiger partial charge in [0.2, 0.25) is 5.91 Å². The van der Waals surface area contributed by atoms with Gasteiger partial charge >= 0.3 is 5.97 Å². The molecule has 3 N–H and O–H groups in total. The summed E-state index contributed by atoms with van der Waals surface area (Å²) in [6.45, 7) is 1.73. The predicted octanol–water partition coefficient (Wildman–Crippen LogP) is 4.00. The number of ketones is 1. The molecule has 1 fully saturated rings. The summed E-state index contributed by atoms with van der Waals surface area (Å²) in [5, 5.41) is 13.4. The number of H-pyrrole nitrogens is 1. The second-order valence-electron chi connectivity index (χ2n) is 10.6. The molecule has 0 bridgehead atoms. The lowest BCUT2D eigenvalue weighted by atomic mass is 9.81. The van der Waals surface area contributed by atoms with E-state index in [9.17, 15) is 23.6 Å². The van der Waals surface area contributed by atoms with E-state index in [1.165, 1.54) is 19.2 Å². The van der Waals surface area contributed by atoms with Gasteiger partial charge in [0, 0.05) is 23.8 Å². The summed E-state index contributed by atoms with van der Waals surface area (Å²) in [5.74, 6) is -2.55. The highest BCUT2D eigenvalue weighted by molar-refractivity contribution is 6.02. The van der Waals surface area contributed by atoms with Crippen molar-refractivity contribution in [3.05, 3.63) is 76.2 Å². The number of halogens is 1. The van der Waals surface area contributed by atoms with Crippen LogP contribution in [0.4, 0.5) is 4.39 Å². The average molecular weight is 547 g/mol. The Morgan fingerprint density at radius 3 is 2.65 bits per heavy atom. The van der Waals surface area contributed by atoms with Crippen LogP contribution in [-0.4, -0.2) is 46.4 Å². The van der Waals surface area contributed by atoms with E-state index in [1.54, 1.807) is 13.1 Å². The third-order valence-electron chi connectivity index (χ3n) is 7.85. The summed E-state index contributed by atoms with van der Waals surface area (Å²) < 4.78 is 20.0. The van der Waals surface area contributed by atoms with Crippen molar-refractivity contribution in [3.8, 4) is 0 Å². The van der Waals surface area contributed by atoms with Crippen molar-refractivity contribution in [1.82, 2.24) is 20.8 Å². The summed E-state index contributed by atoms with van der Waals surface area (Å²) in [6, 6.07) is 8.65. The fraction of sp³-hybridized carbons (Fsp3) is 0.367. The van der Waals surface area contributed by atoms with E-state index in [0.29, 0.717) is 29.6 Å². The van der Waals surface area contributed by atoms with E-state index in [1.807, 2.05) is 18.2 Å². The van der Waals surface area contributed by atoms with Gasteiger partial charge in [-0.3, -0.25) is 19.5 Å². The van der Waals surface area contributed by atoms with Gasteiger partial charge in [0.05, 0.1) is 30.4 Å². The first kappa shape index (κ1) is 27.2. The van der Waals surface area contributed by atoms with Crippen LogP contribution in [0.3, 0.4) is 0 Å². The summed E-state index contributed by atoms with van der Waals surface area (Å²) in [4.78, 5) is 52.1. The molecule has 2 aromatic carbocycles. The van der Waals surface area contributed by atoms with Crippen LogP contribution in [0.25, 0.3) is 10.9 Å². The third kappa shape index (κ3) is 5.25. The number of amides is 2. The molecule has 1 atom stereocenters. The number of Topliss-reactive ketones (excluding diaryl/α,β-unsaturated/α-hetero) is 1. The average Bonchev–Trinajstić information content (AvgIpc) is 3.40. The van der Waals surface area contributed by atoms with Crippen molar-refractivity contribution in [3.63, 3.8) is 0 Å². The minimum absolute atomic E-state index is 0.0640.